The molecule has 2 atom stereocenters. The fourth-order valence-corrected chi connectivity index (χ4v) is 3.10. The van der Waals surface area contributed by atoms with Gasteiger partial charge in [0.05, 0.1) is 13.2 Å². The van der Waals surface area contributed by atoms with Crippen molar-refractivity contribution >= 4 is 0 Å². The molecule has 1 fully saturated rings. The fourth-order valence-electron chi connectivity index (χ4n) is 3.10. The predicted octanol–water partition coefficient (Wildman–Crippen LogP) is 1.52. The van der Waals surface area contributed by atoms with E-state index in [4.69, 9.17) is 4.74 Å². The Balaban J connectivity index is 1.91. The minimum atomic E-state index is -0.670. The summed E-state index contributed by atoms with van der Waals surface area (Å²) in [6, 6.07) is 16.1. The molecule has 1 aliphatic rings. The molecule has 0 aromatic heterocycles. The van der Waals surface area contributed by atoms with Crippen molar-refractivity contribution in [3.05, 3.63) is 71.5 Å². The molecular formula is C18H21FNO2+. The van der Waals surface area contributed by atoms with Crippen molar-refractivity contribution in [3.8, 4) is 0 Å². The number of morpholine rings is 1. The molecule has 0 spiro atoms. The molecule has 1 aliphatic heterocycles. The first-order valence-corrected chi connectivity index (χ1v) is 7.66. The van der Waals surface area contributed by atoms with Crippen molar-refractivity contribution in [2.45, 2.75) is 12.1 Å². The van der Waals surface area contributed by atoms with E-state index >= 15 is 0 Å². The molecule has 4 heteroatoms. The smallest absolute Gasteiger partial charge is 0.144 e. The van der Waals surface area contributed by atoms with Crippen molar-refractivity contribution in [2.75, 3.05) is 26.3 Å². The van der Waals surface area contributed by atoms with Crippen LogP contribution < -0.4 is 4.90 Å². The van der Waals surface area contributed by atoms with E-state index in [2.05, 4.69) is 0 Å². The van der Waals surface area contributed by atoms with Gasteiger partial charge in [0, 0.05) is 5.56 Å². The Morgan fingerprint density at radius 3 is 2.18 bits per heavy atom. The lowest BCUT2D eigenvalue weighted by Gasteiger charge is -2.34. The molecule has 1 heterocycles. The van der Waals surface area contributed by atoms with Crippen LogP contribution in [0, 0.1) is 5.82 Å². The maximum Gasteiger partial charge on any atom is 0.144 e. The third-order valence-corrected chi connectivity index (χ3v) is 4.26. The molecule has 0 unspecified atom stereocenters. The van der Waals surface area contributed by atoms with Crippen LogP contribution >= 0.6 is 0 Å². The van der Waals surface area contributed by atoms with Gasteiger partial charge in [0.1, 0.15) is 31.1 Å². The fraction of sp³-hybridized carbons (Fsp3) is 0.333. The van der Waals surface area contributed by atoms with Crippen LogP contribution in [0.2, 0.25) is 0 Å². The topological polar surface area (TPSA) is 33.9 Å². The number of quaternary nitrogens is 1. The minimum absolute atomic E-state index is 0.0736. The van der Waals surface area contributed by atoms with E-state index in [0.717, 1.165) is 24.2 Å². The van der Waals surface area contributed by atoms with E-state index in [9.17, 15) is 9.50 Å². The van der Waals surface area contributed by atoms with Gasteiger partial charge in [-0.15, -0.1) is 0 Å². The maximum atomic E-state index is 13.1. The van der Waals surface area contributed by atoms with Crippen LogP contribution in [0.25, 0.3) is 0 Å². The highest BCUT2D eigenvalue weighted by Crippen LogP contribution is 2.26. The molecular weight excluding hydrogens is 281 g/mol. The monoisotopic (exact) mass is 302 g/mol. The van der Waals surface area contributed by atoms with E-state index in [1.54, 1.807) is 12.1 Å². The van der Waals surface area contributed by atoms with Crippen molar-refractivity contribution in [3.63, 3.8) is 0 Å². The van der Waals surface area contributed by atoms with Gasteiger partial charge in [-0.2, -0.15) is 0 Å². The lowest BCUT2D eigenvalue weighted by Crippen LogP contribution is -3.14. The highest BCUT2D eigenvalue weighted by Gasteiger charge is 2.33. The zero-order valence-corrected chi connectivity index (χ0v) is 12.4. The molecule has 0 amide bonds. The first kappa shape index (κ1) is 15.2. The summed E-state index contributed by atoms with van der Waals surface area (Å²) in [6.45, 7) is 3.12. The summed E-state index contributed by atoms with van der Waals surface area (Å²) >= 11 is 0. The Morgan fingerprint density at radius 1 is 0.909 bits per heavy atom. The predicted molar refractivity (Wildman–Crippen MR) is 82.1 cm³/mol. The summed E-state index contributed by atoms with van der Waals surface area (Å²) in [5.41, 5.74) is 1.84. The number of halogens is 1. The van der Waals surface area contributed by atoms with Crippen LogP contribution in [0.15, 0.2) is 54.6 Å². The van der Waals surface area contributed by atoms with E-state index < -0.39 is 6.10 Å². The number of hydrogen-bond acceptors (Lipinski definition) is 2. The molecule has 0 aliphatic carbocycles. The first-order chi connectivity index (χ1) is 10.8. The number of aliphatic hydroxyl groups is 1. The number of nitrogens with one attached hydrogen (secondary N) is 1. The molecule has 0 radical (unpaired) electrons. The van der Waals surface area contributed by atoms with Gasteiger partial charge in [0.15, 0.2) is 0 Å². The van der Waals surface area contributed by atoms with Crippen LogP contribution in [-0.4, -0.2) is 31.4 Å². The van der Waals surface area contributed by atoms with Gasteiger partial charge in [-0.3, -0.25) is 0 Å². The van der Waals surface area contributed by atoms with Gasteiger partial charge in [0.2, 0.25) is 0 Å². The standard InChI is InChI=1S/C18H20FNO2/c19-16-8-6-15(7-9-16)18(21)17(14-4-2-1-3-5-14)20-10-12-22-13-11-20/h1-9,17-18,21H,10-13H2/p+1/t17-,18+/m1/s1. The number of ether oxygens (including phenoxy) is 1. The molecule has 1 saturated heterocycles. The second-order valence-corrected chi connectivity index (χ2v) is 5.66. The highest BCUT2D eigenvalue weighted by molar-refractivity contribution is 5.25. The second kappa shape index (κ2) is 7.01. The summed E-state index contributed by atoms with van der Waals surface area (Å²) in [6.07, 6.45) is -0.670. The number of benzene rings is 2. The SMILES string of the molecule is O[C@@H](c1ccc(F)cc1)[C@@H](c1ccccc1)[NH+]1CCOCC1. The van der Waals surface area contributed by atoms with E-state index in [0.29, 0.717) is 13.2 Å². The summed E-state index contributed by atoms with van der Waals surface area (Å²) in [5.74, 6) is -0.286. The van der Waals surface area contributed by atoms with Crippen LogP contribution in [-0.2, 0) is 4.74 Å². The van der Waals surface area contributed by atoms with Gasteiger partial charge in [-0.1, -0.05) is 42.5 Å². The Morgan fingerprint density at radius 2 is 1.55 bits per heavy atom. The highest BCUT2D eigenvalue weighted by atomic mass is 19.1. The zero-order chi connectivity index (χ0) is 15.4. The molecule has 2 aromatic rings. The largest absolute Gasteiger partial charge is 0.382 e. The Kier molecular flexibility index (Phi) is 4.83. The lowest BCUT2D eigenvalue weighted by atomic mass is 9.94. The van der Waals surface area contributed by atoms with E-state index in [1.807, 2.05) is 30.3 Å². The molecule has 0 saturated carbocycles. The van der Waals surface area contributed by atoms with Crippen molar-refractivity contribution in [1.82, 2.24) is 0 Å². The third kappa shape index (κ3) is 3.35. The average molecular weight is 302 g/mol. The van der Waals surface area contributed by atoms with Crippen molar-refractivity contribution in [2.24, 2.45) is 0 Å². The summed E-state index contributed by atoms with van der Waals surface area (Å²) in [5, 5.41) is 10.9. The van der Waals surface area contributed by atoms with Gasteiger partial charge < -0.3 is 14.7 Å². The Hall–Kier alpha value is -1.75. The quantitative estimate of drug-likeness (QED) is 0.898. The normalized spacial score (nSPS) is 18.8. The van der Waals surface area contributed by atoms with Crippen LogP contribution in [0.5, 0.6) is 0 Å². The van der Waals surface area contributed by atoms with Gasteiger partial charge in [-0.25, -0.2) is 4.39 Å². The molecule has 2 N–H and O–H groups in total. The van der Waals surface area contributed by atoms with E-state index in [1.165, 1.54) is 17.0 Å². The van der Waals surface area contributed by atoms with Crippen molar-refractivity contribution in [1.29, 1.82) is 0 Å². The molecule has 22 heavy (non-hydrogen) atoms. The van der Waals surface area contributed by atoms with Crippen LogP contribution in [0.3, 0.4) is 0 Å². The first-order valence-electron chi connectivity index (χ1n) is 7.66. The zero-order valence-electron chi connectivity index (χ0n) is 12.4. The van der Waals surface area contributed by atoms with Crippen LogP contribution in [0.1, 0.15) is 23.3 Å². The van der Waals surface area contributed by atoms with Crippen molar-refractivity contribution < 1.29 is 19.1 Å². The van der Waals surface area contributed by atoms with Gasteiger partial charge in [-0.05, 0) is 17.7 Å². The lowest BCUT2D eigenvalue weighted by molar-refractivity contribution is -0.943. The van der Waals surface area contributed by atoms with Gasteiger partial charge >= 0.3 is 0 Å². The number of hydrogen-bond donors (Lipinski definition) is 2. The molecule has 0 bridgehead atoms. The van der Waals surface area contributed by atoms with Gasteiger partial charge in [0.25, 0.3) is 0 Å². The molecule has 3 rings (SSSR count). The van der Waals surface area contributed by atoms with Crippen LogP contribution in [0.4, 0.5) is 4.39 Å². The van der Waals surface area contributed by atoms with E-state index in [-0.39, 0.29) is 11.9 Å². The third-order valence-electron chi connectivity index (χ3n) is 4.26. The summed E-state index contributed by atoms with van der Waals surface area (Å²) in [7, 11) is 0. The minimum Gasteiger partial charge on any atom is -0.382 e. The molecule has 3 nitrogen and oxygen atoms in total. The second-order valence-electron chi connectivity index (χ2n) is 5.66. The Bertz CT molecular complexity index is 582. The number of rotatable bonds is 4. The summed E-state index contributed by atoms with van der Waals surface area (Å²) < 4.78 is 18.6. The molecule has 2 aromatic carbocycles. The Labute approximate surface area is 130 Å². The maximum absolute atomic E-state index is 13.1. The number of aliphatic hydroxyl groups excluding tert-OH is 1. The average Bonchev–Trinajstić information content (AvgIpc) is 2.57. The molecule has 116 valence electrons. The summed E-state index contributed by atoms with van der Waals surface area (Å²) in [4.78, 5) is 1.30.